The van der Waals surface area contributed by atoms with Crippen molar-refractivity contribution in [1.29, 1.82) is 0 Å². The zero-order valence-electron chi connectivity index (χ0n) is 22.4. The van der Waals surface area contributed by atoms with Crippen molar-refractivity contribution in [2.75, 3.05) is 0 Å². The van der Waals surface area contributed by atoms with Gasteiger partial charge in [-0.3, -0.25) is 4.99 Å². The van der Waals surface area contributed by atoms with Crippen LogP contribution in [0.1, 0.15) is 110 Å². The highest BCUT2D eigenvalue weighted by atomic mass is 14.8. The second-order valence-corrected chi connectivity index (χ2v) is 9.56. The van der Waals surface area contributed by atoms with Crippen molar-refractivity contribution in [3.8, 4) is 0 Å². The number of aliphatic imine (C=N–C) groups is 2. The van der Waals surface area contributed by atoms with Crippen LogP contribution in [0.5, 0.6) is 0 Å². The molecule has 0 unspecified atom stereocenters. The fourth-order valence-electron chi connectivity index (χ4n) is 4.23. The largest absolute Gasteiger partial charge is 0.251 e. The molecular formula is C33H48N2. The molecule has 0 aliphatic heterocycles. The molecule has 2 aromatic carbocycles. The number of hydrogen-bond acceptors (Lipinski definition) is 2. The van der Waals surface area contributed by atoms with E-state index in [1.165, 1.54) is 77.0 Å². The van der Waals surface area contributed by atoms with Crippen molar-refractivity contribution in [1.82, 2.24) is 0 Å². The summed E-state index contributed by atoms with van der Waals surface area (Å²) in [5.74, 6) is 0. The van der Waals surface area contributed by atoms with Gasteiger partial charge in [0.25, 0.3) is 0 Å². The first-order valence-electron chi connectivity index (χ1n) is 14.3. The molecule has 0 atom stereocenters. The van der Waals surface area contributed by atoms with Crippen LogP contribution in [-0.4, -0.2) is 11.4 Å². The van der Waals surface area contributed by atoms with Crippen LogP contribution in [0.3, 0.4) is 0 Å². The van der Waals surface area contributed by atoms with E-state index < -0.39 is 0 Å². The van der Waals surface area contributed by atoms with Crippen molar-refractivity contribution < 1.29 is 0 Å². The van der Waals surface area contributed by atoms with E-state index >= 15 is 0 Å². The Balaban J connectivity index is 1.97. The first-order valence-corrected chi connectivity index (χ1v) is 14.3. The molecule has 0 fully saturated rings. The predicted molar refractivity (Wildman–Crippen MR) is 157 cm³/mol. The van der Waals surface area contributed by atoms with E-state index in [1.807, 2.05) is 12.1 Å². The molecule has 0 saturated heterocycles. The molecular weight excluding hydrogens is 424 g/mol. The van der Waals surface area contributed by atoms with E-state index in [4.69, 9.17) is 9.98 Å². The molecule has 0 aliphatic rings. The fourth-order valence-corrected chi connectivity index (χ4v) is 4.23. The molecule has 0 saturated carbocycles. The van der Waals surface area contributed by atoms with Crippen molar-refractivity contribution in [3.05, 3.63) is 72.8 Å². The molecule has 0 radical (unpaired) electrons. The first kappa shape index (κ1) is 28.8. The molecule has 2 heteroatoms. The molecule has 0 N–H and O–H groups in total. The van der Waals surface area contributed by atoms with Crippen LogP contribution in [0.2, 0.25) is 0 Å². The van der Waals surface area contributed by atoms with E-state index in [2.05, 4.69) is 74.5 Å². The molecule has 2 aromatic rings. The zero-order chi connectivity index (χ0) is 24.8. The van der Waals surface area contributed by atoms with Gasteiger partial charge in [0.1, 0.15) is 0 Å². The molecule has 0 amide bonds. The lowest BCUT2D eigenvalue weighted by Gasteiger charge is -2.08. The molecule has 0 aromatic heterocycles. The van der Waals surface area contributed by atoms with Crippen LogP contribution in [0, 0.1) is 0 Å². The van der Waals surface area contributed by atoms with E-state index in [1.54, 1.807) is 0 Å². The highest BCUT2D eigenvalue weighted by molar-refractivity contribution is 6.47. The van der Waals surface area contributed by atoms with Crippen LogP contribution >= 0.6 is 0 Å². The lowest BCUT2D eigenvalue weighted by molar-refractivity contribution is 0.557. The molecule has 0 aliphatic carbocycles. The number of nitrogens with zero attached hydrogens (tertiary/aromatic N) is 2. The number of rotatable bonds is 19. The number of unbranched alkanes of at least 4 members (excludes halogenated alkanes) is 12. The van der Waals surface area contributed by atoms with E-state index in [0.29, 0.717) is 0 Å². The monoisotopic (exact) mass is 472 g/mol. The summed E-state index contributed by atoms with van der Waals surface area (Å²) in [5, 5.41) is 0. The predicted octanol–water partition coefficient (Wildman–Crippen LogP) is 11.0. The fraction of sp³-hybridized carbons (Fsp3) is 0.515. The Hall–Kier alpha value is -2.48. The summed E-state index contributed by atoms with van der Waals surface area (Å²) in [4.78, 5) is 10.1. The third-order valence-electron chi connectivity index (χ3n) is 6.34. The van der Waals surface area contributed by atoms with Gasteiger partial charge in [-0.15, -0.1) is 0 Å². The van der Waals surface area contributed by atoms with Crippen molar-refractivity contribution in [2.24, 2.45) is 9.98 Å². The highest BCUT2D eigenvalue weighted by Crippen LogP contribution is 2.18. The first-order chi connectivity index (χ1) is 17.3. The Labute approximate surface area is 215 Å². The second-order valence-electron chi connectivity index (χ2n) is 9.56. The van der Waals surface area contributed by atoms with Crippen LogP contribution in [0.15, 0.2) is 82.8 Å². The molecule has 0 spiro atoms. The number of benzene rings is 2. The zero-order valence-corrected chi connectivity index (χ0v) is 22.4. The van der Waals surface area contributed by atoms with Gasteiger partial charge >= 0.3 is 0 Å². The van der Waals surface area contributed by atoms with Crippen molar-refractivity contribution in [2.45, 2.75) is 110 Å². The van der Waals surface area contributed by atoms with E-state index in [0.717, 1.165) is 42.1 Å². The summed E-state index contributed by atoms with van der Waals surface area (Å²) in [5.41, 5.74) is 4.08. The molecule has 35 heavy (non-hydrogen) atoms. The normalized spacial score (nSPS) is 12.5. The minimum atomic E-state index is 0.955. The average Bonchev–Trinajstić information content (AvgIpc) is 2.89. The van der Waals surface area contributed by atoms with Gasteiger partial charge in [-0.2, -0.15) is 0 Å². The number of allylic oxidation sites excluding steroid dienone is 2. The van der Waals surface area contributed by atoms with Crippen LogP contribution in [0.4, 0.5) is 11.4 Å². The van der Waals surface area contributed by atoms with Gasteiger partial charge in [0.2, 0.25) is 0 Å². The number of hydrogen-bond donors (Lipinski definition) is 0. The molecule has 0 bridgehead atoms. The summed E-state index contributed by atoms with van der Waals surface area (Å²) >= 11 is 0. The second kappa shape index (κ2) is 19.8. The standard InChI is InChI=1S/C33H48N2/c1-3-5-7-8-9-10-11-12-13-14-15-23-29-33(35-31-26-21-17-22-27-31)32(28-18-6-4-2)34-30-24-19-16-20-25-30/h16-17,19-27,29H,3-15,18,28H2,1-2H3/b29-23+,34-32?,35-33?. The summed E-state index contributed by atoms with van der Waals surface area (Å²) in [7, 11) is 0. The maximum absolute atomic E-state index is 5.04. The van der Waals surface area contributed by atoms with Gasteiger partial charge < -0.3 is 0 Å². The third kappa shape index (κ3) is 13.9. The Morgan fingerprint density at radius 2 is 1.06 bits per heavy atom. The Kier molecular flexibility index (Phi) is 16.3. The van der Waals surface area contributed by atoms with E-state index in [9.17, 15) is 0 Å². The van der Waals surface area contributed by atoms with Gasteiger partial charge in [-0.1, -0.05) is 127 Å². The Morgan fingerprint density at radius 1 is 0.571 bits per heavy atom. The Morgan fingerprint density at radius 3 is 1.63 bits per heavy atom. The number of para-hydroxylation sites is 2. The molecule has 190 valence electrons. The highest BCUT2D eigenvalue weighted by Gasteiger charge is 2.08. The summed E-state index contributed by atoms with van der Waals surface area (Å²) < 4.78 is 0. The van der Waals surface area contributed by atoms with Crippen molar-refractivity contribution >= 4 is 22.8 Å². The topological polar surface area (TPSA) is 24.7 Å². The van der Waals surface area contributed by atoms with Gasteiger partial charge in [-0.05, 0) is 56.0 Å². The molecule has 2 nitrogen and oxygen atoms in total. The SMILES string of the molecule is CCCCCCCCCCCC/C=C/C(=Nc1ccccc1)C(CCCCC)=Nc1ccccc1. The van der Waals surface area contributed by atoms with Gasteiger partial charge in [-0.25, -0.2) is 4.99 Å². The van der Waals surface area contributed by atoms with E-state index in [-0.39, 0.29) is 0 Å². The summed E-state index contributed by atoms with van der Waals surface area (Å²) in [6.45, 7) is 4.54. The lowest BCUT2D eigenvalue weighted by Crippen LogP contribution is -2.12. The minimum Gasteiger partial charge on any atom is -0.251 e. The van der Waals surface area contributed by atoms with Gasteiger partial charge in [0, 0.05) is 0 Å². The van der Waals surface area contributed by atoms with Crippen molar-refractivity contribution in [3.63, 3.8) is 0 Å². The maximum Gasteiger partial charge on any atom is 0.0848 e. The lowest BCUT2D eigenvalue weighted by atomic mass is 10.0. The quantitative estimate of drug-likeness (QED) is 0.143. The van der Waals surface area contributed by atoms with Crippen LogP contribution < -0.4 is 0 Å². The maximum atomic E-state index is 5.04. The average molecular weight is 473 g/mol. The Bertz CT molecular complexity index is 849. The van der Waals surface area contributed by atoms with Crippen LogP contribution in [-0.2, 0) is 0 Å². The third-order valence-corrected chi connectivity index (χ3v) is 6.34. The summed E-state index contributed by atoms with van der Waals surface area (Å²) in [6, 6.07) is 20.6. The minimum absolute atomic E-state index is 0.955. The van der Waals surface area contributed by atoms with Crippen LogP contribution in [0.25, 0.3) is 0 Å². The molecule has 2 rings (SSSR count). The van der Waals surface area contributed by atoms with Gasteiger partial charge in [0.05, 0.1) is 22.8 Å². The smallest absolute Gasteiger partial charge is 0.0848 e. The van der Waals surface area contributed by atoms with Gasteiger partial charge in [0.15, 0.2) is 0 Å². The summed E-state index contributed by atoms with van der Waals surface area (Å²) in [6.07, 6.45) is 23.9. The molecule has 0 heterocycles.